The van der Waals surface area contributed by atoms with Gasteiger partial charge in [-0.15, -0.1) is 0 Å². The van der Waals surface area contributed by atoms with Gasteiger partial charge in [-0.05, 0) is 24.3 Å². The van der Waals surface area contributed by atoms with Crippen molar-refractivity contribution in [1.82, 2.24) is 14.6 Å². The third-order valence-electron chi connectivity index (χ3n) is 3.36. The predicted molar refractivity (Wildman–Crippen MR) is 78.0 cm³/mol. The molecule has 3 aromatic rings. The average Bonchev–Trinajstić information content (AvgIpc) is 3.04. The van der Waals surface area contributed by atoms with Crippen molar-refractivity contribution in [2.24, 2.45) is 0 Å². The number of rotatable bonds is 2. The van der Waals surface area contributed by atoms with Gasteiger partial charge in [0.25, 0.3) is 5.91 Å². The van der Waals surface area contributed by atoms with Gasteiger partial charge in [0.2, 0.25) is 6.10 Å². The molecule has 3 heterocycles. The standard InChI is InChI=1S/C15H12N4O3/c20-15(13-8-21-11-5-1-2-6-12(11)22-13)18-10-4-3-7-19-14(10)16-9-17-19/h1-7,9,13H,8H2,(H,18,20). The molecule has 0 bridgehead atoms. The van der Waals surface area contributed by atoms with E-state index in [0.29, 0.717) is 22.8 Å². The van der Waals surface area contributed by atoms with Crippen molar-refractivity contribution in [2.75, 3.05) is 11.9 Å². The molecule has 1 aromatic carbocycles. The smallest absolute Gasteiger partial charge is 0.269 e. The molecule has 0 spiro atoms. The maximum absolute atomic E-state index is 12.4. The quantitative estimate of drug-likeness (QED) is 0.775. The van der Waals surface area contributed by atoms with Gasteiger partial charge in [-0.2, -0.15) is 5.10 Å². The van der Waals surface area contributed by atoms with Crippen LogP contribution in [0.4, 0.5) is 5.69 Å². The minimum atomic E-state index is -0.710. The average molecular weight is 296 g/mol. The zero-order chi connectivity index (χ0) is 14.9. The van der Waals surface area contributed by atoms with Crippen LogP contribution in [0.1, 0.15) is 0 Å². The number of nitrogens with one attached hydrogen (secondary N) is 1. The van der Waals surface area contributed by atoms with Crippen molar-refractivity contribution in [3.63, 3.8) is 0 Å². The van der Waals surface area contributed by atoms with Gasteiger partial charge in [0.05, 0.1) is 5.69 Å². The van der Waals surface area contributed by atoms with Gasteiger partial charge in [-0.25, -0.2) is 9.50 Å². The molecule has 1 aliphatic rings. The number of hydrogen-bond donors (Lipinski definition) is 1. The highest BCUT2D eigenvalue weighted by molar-refractivity contribution is 5.97. The molecule has 1 N–H and O–H groups in total. The Balaban J connectivity index is 1.55. The maximum Gasteiger partial charge on any atom is 0.269 e. The number of amides is 1. The molecule has 22 heavy (non-hydrogen) atoms. The van der Waals surface area contributed by atoms with Crippen molar-refractivity contribution in [1.29, 1.82) is 0 Å². The summed E-state index contributed by atoms with van der Waals surface area (Å²) in [4.78, 5) is 16.5. The fourth-order valence-corrected chi connectivity index (χ4v) is 2.31. The first-order valence-electron chi connectivity index (χ1n) is 6.79. The Morgan fingerprint density at radius 2 is 2.09 bits per heavy atom. The number of fused-ring (bicyclic) bond motifs is 2. The molecule has 7 nitrogen and oxygen atoms in total. The lowest BCUT2D eigenvalue weighted by Crippen LogP contribution is -2.40. The summed E-state index contributed by atoms with van der Waals surface area (Å²) in [5, 5.41) is 6.83. The Morgan fingerprint density at radius 1 is 1.23 bits per heavy atom. The summed E-state index contributed by atoms with van der Waals surface area (Å²) in [6.45, 7) is 0.165. The molecule has 7 heteroatoms. The fourth-order valence-electron chi connectivity index (χ4n) is 2.31. The van der Waals surface area contributed by atoms with Gasteiger partial charge < -0.3 is 14.8 Å². The van der Waals surface area contributed by atoms with E-state index in [0.717, 1.165) is 0 Å². The van der Waals surface area contributed by atoms with E-state index in [1.807, 2.05) is 12.1 Å². The molecule has 2 aromatic heterocycles. The molecule has 1 unspecified atom stereocenters. The van der Waals surface area contributed by atoms with Crippen molar-refractivity contribution < 1.29 is 14.3 Å². The highest BCUT2D eigenvalue weighted by Crippen LogP contribution is 2.31. The SMILES string of the molecule is O=C(Nc1cccn2ncnc12)C1COc2ccccc2O1. The first-order chi connectivity index (χ1) is 10.8. The second-order valence-corrected chi connectivity index (χ2v) is 4.80. The van der Waals surface area contributed by atoms with Crippen molar-refractivity contribution in [3.8, 4) is 11.5 Å². The summed E-state index contributed by atoms with van der Waals surface area (Å²) in [7, 11) is 0. The van der Waals surface area contributed by atoms with Crippen LogP contribution in [0.15, 0.2) is 48.9 Å². The van der Waals surface area contributed by atoms with Gasteiger partial charge in [0.15, 0.2) is 17.1 Å². The van der Waals surface area contributed by atoms with Crippen LogP contribution >= 0.6 is 0 Å². The molecule has 1 atom stereocenters. The molecule has 0 saturated carbocycles. The second kappa shape index (κ2) is 5.03. The number of nitrogens with zero attached hydrogens (tertiary/aromatic N) is 3. The maximum atomic E-state index is 12.4. The van der Waals surface area contributed by atoms with Gasteiger partial charge in [0.1, 0.15) is 12.9 Å². The molecular weight excluding hydrogens is 284 g/mol. The lowest BCUT2D eigenvalue weighted by Gasteiger charge is -2.25. The minimum absolute atomic E-state index is 0.165. The van der Waals surface area contributed by atoms with Crippen molar-refractivity contribution in [2.45, 2.75) is 6.10 Å². The number of pyridine rings is 1. The molecule has 0 saturated heterocycles. The van der Waals surface area contributed by atoms with E-state index in [9.17, 15) is 4.79 Å². The zero-order valence-corrected chi connectivity index (χ0v) is 11.5. The van der Waals surface area contributed by atoms with Crippen LogP contribution < -0.4 is 14.8 Å². The highest BCUT2D eigenvalue weighted by Gasteiger charge is 2.27. The van der Waals surface area contributed by atoms with Crippen LogP contribution in [0.3, 0.4) is 0 Å². The predicted octanol–water partition coefficient (Wildman–Crippen LogP) is 1.51. The Morgan fingerprint density at radius 3 is 3.00 bits per heavy atom. The van der Waals surface area contributed by atoms with Gasteiger partial charge in [-0.1, -0.05) is 12.1 Å². The highest BCUT2D eigenvalue weighted by atomic mass is 16.6. The summed E-state index contributed by atoms with van der Waals surface area (Å²) in [5.74, 6) is 0.922. The molecular formula is C15H12N4O3. The van der Waals surface area contributed by atoms with Crippen LogP contribution in [0.2, 0.25) is 0 Å². The van der Waals surface area contributed by atoms with E-state index in [1.54, 1.807) is 35.0 Å². The molecule has 1 amide bonds. The first-order valence-corrected chi connectivity index (χ1v) is 6.79. The first kappa shape index (κ1) is 12.6. The Kier molecular flexibility index (Phi) is 2.89. The fraction of sp³-hybridized carbons (Fsp3) is 0.133. The lowest BCUT2D eigenvalue weighted by atomic mass is 10.2. The summed E-state index contributed by atoms with van der Waals surface area (Å²) >= 11 is 0. The molecule has 0 radical (unpaired) electrons. The van der Waals surface area contributed by atoms with Crippen LogP contribution in [0.5, 0.6) is 11.5 Å². The van der Waals surface area contributed by atoms with Gasteiger partial charge in [0, 0.05) is 6.20 Å². The summed E-state index contributed by atoms with van der Waals surface area (Å²) in [5.41, 5.74) is 1.15. The summed E-state index contributed by atoms with van der Waals surface area (Å²) < 4.78 is 12.8. The molecule has 110 valence electrons. The zero-order valence-electron chi connectivity index (χ0n) is 11.5. The monoisotopic (exact) mass is 296 g/mol. The van der Waals surface area contributed by atoms with E-state index in [-0.39, 0.29) is 12.5 Å². The molecule has 0 aliphatic carbocycles. The number of carbonyl (C=O) groups is 1. The Hall–Kier alpha value is -3.09. The van der Waals surface area contributed by atoms with Crippen LogP contribution in [-0.2, 0) is 4.79 Å². The number of carbonyl (C=O) groups excluding carboxylic acids is 1. The Labute approximate surface area is 125 Å². The van der Waals surface area contributed by atoms with Crippen LogP contribution in [-0.4, -0.2) is 33.2 Å². The molecule has 4 rings (SSSR count). The normalized spacial score (nSPS) is 16.5. The van der Waals surface area contributed by atoms with E-state index >= 15 is 0 Å². The van der Waals surface area contributed by atoms with Gasteiger partial charge >= 0.3 is 0 Å². The van der Waals surface area contributed by atoms with E-state index in [2.05, 4.69) is 15.4 Å². The number of aromatic nitrogens is 3. The number of ether oxygens (including phenoxy) is 2. The number of para-hydroxylation sites is 2. The van der Waals surface area contributed by atoms with Gasteiger partial charge in [-0.3, -0.25) is 4.79 Å². The third-order valence-corrected chi connectivity index (χ3v) is 3.36. The molecule has 1 aliphatic heterocycles. The second-order valence-electron chi connectivity index (χ2n) is 4.80. The number of anilines is 1. The number of hydrogen-bond acceptors (Lipinski definition) is 5. The van der Waals surface area contributed by atoms with E-state index in [1.165, 1.54) is 6.33 Å². The third kappa shape index (κ3) is 2.12. The van der Waals surface area contributed by atoms with Crippen LogP contribution in [0, 0.1) is 0 Å². The van der Waals surface area contributed by atoms with E-state index in [4.69, 9.17) is 9.47 Å². The molecule has 0 fully saturated rings. The van der Waals surface area contributed by atoms with E-state index < -0.39 is 6.10 Å². The van der Waals surface area contributed by atoms with Crippen LogP contribution in [0.25, 0.3) is 5.65 Å². The largest absolute Gasteiger partial charge is 0.485 e. The summed E-state index contributed by atoms with van der Waals surface area (Å²) in [6.07, 6.45) is 2.48. The lowest BCUT2D eigenvalue weighted by molar-refractivity contribution is -0.125. The number of benzene rings is 1. The topological polar surface area (TPSA) is 77.8 Å². The van der Waals surface area contributed by atoms with Crippen molar-refractivity contribution >= 4 is 17.2 Å². The minimum Gasteiger partial charge on any atom is -0.485 e. The van der Waals surface area contributed by atoms with Crippen molar-refractivity contribution in [3.05, 3.63) is 48.9 Å². The Bertz CT molecular complexity index is 845. The summed E-state index contributed by atoms with van der Waals surface area (Å²) in [6, 6.07) is 10.8.